The molecule has 0 unspecified atom stereocenters. The van der Waals surface area contributed by atoms with Crippen molar-refractivity contribution >= 4 is 18.4 Å². The number of anilines is 1. The minimum atomic E-state index is -0.430. The Morgan fingerprint density at radius 1 is 1.00 bits per heavy atom. The average molecular weight is 324 g/mol. The second kappa shape index (κ2) is 6.23. The van der Waals surface area contributed by atoms with Crippen LogP contribution in [0.2, 0.25) is 0 Å². The first-order chi connectivity index (χ1) is 11.3. The van der Waals surface area contributed by atoms with Gasteiger partial charge in [-0.05, 0) is 45.4 Å². The Bertz CT molecular complexity index is 688. The molecule has 0 radical (unpaired) electrons. The third-order valence-electron chi connectivity index (χ3n) is 4.96. The number of rotatable bonds is 4. The topological polar surface area (TPSA) is 34.6 Å². The quantitative estimate of drug-likeness (QED) is 0.810. The van der Waals surface area contributed by atoms with Crippen molar-refractivity contribution < 1.29 is 9.31 Å². The number of nitrogens with zero attached hydrogens (tertiary/aromatic N) is 2. The van der Waals surface area contributed by atoms with E-state index in [-0.39, 0.29) is 11.2 Å². The fraction of sp³-hybridized carbons (Fsp3) is 0.421. The van der Waals surface area contributed by atoms with Crippen LogP contribution in [0, 0.1) is 0 Å². The summed E-state index contributed by atoms with van der Waals surface area (Å²) in [5.74, 6) is 0. The second-order valence-corrected chi connectivity index (χ2v) is 7.37. The lowest BCUT2D eigenvalue weighted by molar-refractivity contribution is 0.00578. The largest absolute Gasteiger partial charge is 0.514 e. The fourth-order valence-electron chi connectivity index (χ4n) is 2.72. The van der Waals surface area contributed by atoms with Crippen LogP contribution in [-0.2, 0) is 15.9 Å². The Morgan fingerprint density at radius 3 is 2.25 bits per heavy atom. The first kappa shape index (κ1) is 17.0. The number of pyridine rings is 1. The van der Waals surface area contributed by atoms with Gasteiger partial charge in [0, 0.05) is 25.5 Å². The third kappa shape index (κ3) is 3.33. The van der Waals surface area contributed by atoms with Gasteiger partial charge in [-0.25, -0.2) is 0 Å². The van der Waals surface area contributed by atoms with Crippen molar-refractivity contribution in [3.8, 4) is 0 Å². The molecule has 3 rings (SSSR count). The smallest absolute Gasteiger partial charge is 0.398 e. The highest BCUT2D eigenvalue weighted by molar-refractivity contribution is 6.61. The highest BCUT2D eigenvalue weighted by Gasteiger charge is 2.52. The zero-order valence-electron chi connectivity index (χ0n) is 15.1. The van der Waals surface area contributed by atoms with Gasteiger partial charge in [-0.3, -0.25) is 4.98 Å². The molecule has 1 aliphatic rings. The summed E-state index contributed by atoms with van der Waals surface area (Å²) in [5, 5.41) is 0. The van der Waals surface area contributed by atoms with E-state index in [1.165, 1.54) is 5.56 Å². The van der Waals surface area contributed by atoms with Gasteiger partial charge in [0.1, 0.15) is 0 Å². The van der Waals surface area contributed by atoms with Crippen LogP contribution in [0.4, 0.5) is 5.69 Å². The zero-order chi connectivity index (χ0) is 17.4. The van der Waals surface area contributed by atoms with E-state index in [2.05, 4.69) is 68.9 Å². The summed E-state index contributed by atoms with van der Waals surface area (Å²) < 4.78 is 12.2. The fourth-order valence-corrected chi connectivity index (χ4v) is 2.72. The molecule has 4 nitrogen and oxygen atoms in total. The molecule has 0 amide bonds. The predicted molar refractivity (Wildman–Crippen MR) is 98.5 cm³/mol. The van der Waals surface area contributed by atoms with E-state index in [1.54, 1.807) is 0 Å². The molecule has 0 aliphatic carbocycles. The van der Waals surface area contributed by atoms with E-state index in [1.807, 2.05) is 24.4 Å². The summed E-state index contributed by atoms with van der Waals surface area (Å²) in [7, 11) is 1.65. The van der Waals surface area contributed by atoms with Crippen LogP contribution in [0.25, 0.3) is 0 Å². The van der Waals surface area contributed by atoms with Gasteiger partial charge in [-0.15, -0.1) is 0 Å². The zero-order valence-corrected chi connectivity index (χ0v) is 15.1. The van der Waals surface area contributed by atoms with Gasteiger partial charge < -0.3 is 14.2 Å². The standard InChI is InChI=1S/C19H25BN2O2/c1-18(2)19(3,4)24-20(23-18)17-13-16(11-12-21-17)22(5)14-15-9-7-6-8-10-15/h6-13H,14H2,1-5H3. The lowest BCUT2D eigenvalue weighted by atomic mass is 9.84. The number of hydrogen-bond acceptors (Lipinski definition) is 4. The molecule has 0 bridgehead atoms. The van der Waals surface area contributed by atoms with Crippen molar-refractivity contribution in [3.05, 3.63) is 54.2 Å². The molecule has 1 saturated heterocycles. The second-order valence-electron chi connectivity index (χ2n) is 7.37. The molecule has 1 fully saturated rings. The maximum atomic E-state index is 6.10. The summed E-state index contributed by atoms with van der Waals surface area (Å²) in [4.78, 5) is 6.67. The van der Waals surface area contributed by atoms with Crippen molar-refractivity contribution in [2.24, 2.45) is 0 Å². The predicted octanol–water partition coefficient (Wildman–Crippen LogP) is 3.02. The lowest BCUT2D eigenvalue weighted by Crippen LogP contribution is -2.41. The Labute approximate surface area is 145 Å². The molecule has 0 N–H and O–H groups in total. The minimum Gasteiger partial charge on any atom is -0.398 e. The van der Waals surface area contributed by atoms with E-state index < -0.39 is 7.12 Å². The van der Waals surface area contributed by atoms with Crippen LogP contribution in [0.3, 0.4) is 0 Å². The molecular weight excluding hydrogens is 299 g/mol. The van der Waals surface area contributed by atoms with Gasteiger partial charge in [0.05, 0.1) is 16.8 Å². The molecule has 2 aromatic rings. The van der Waals surface area contributed by atoms with Crippen LogP contribution in [0.1, 0.15) is 33.3 Å². The summed E-state index contributed by atoms with van der Waals surface area (Å²) in [6.07, 6.45) is 1.82. The molecule has 1 aromatic heterocycles. The Hall–Kier alpha value is -1.85. The van der Waals surface area contributed by atoms with E-state index in [0.717, 1.165) is 17.8 Å². The van der Waals surface area contributed by atoms with Crippen molar-refractivity contribution in [1.82, 2.24) is 4.98 Å². The van der Waals surface area contributed by atoms with Gasteiger partial charge in [-0.2, -0.15) is 0 Å². The van der Waals surface area contributed by atoms with Crippen molar-refractivity contribution in [3.63, 3.8) is 0 Å². The van der Waals surface area contributed by atoms with E-state index in [4.69, 9.17) is 9.31 Å². The van der Waals surface area contributed by atoms with Crippen LogP contribution in [0.5, 0.6) is 0 Å². The number of benzene rings is 1. The number of hydrogen-bond donors (Lipinski definition) is 0. The maximum Gasteiger partial charge on any atom is 0.514 e. The van der Waals surface area contributed by atoms with Gasteiger partial charge in [0.15, 0.2) is 0 Å². The van der Waals surface area contributed by atoms with Crippen molar-refractivity contribution in [2.45, 2.75) is 45.4 Å². The first-order valence-electron chi connectivity index (χ1n) is 8.35. The maximum absolute atomic E-state index is 6.10. The summed E-state index contributed by atoms with van der Waals surface area (Å²) in [6, 6.07) is 14.5. The van der Waals surface area contributed by atoms with Gasteiger partial charge >= 0.3 is 7.12 Å². The van der Waals surface area contributed by atoms with Crippen molar-refractivity contribution in [1.29, 1.82) is 0 Å². The first-order valence-corrected chi connectivity index (χ1v) is 8.35. The molecule has 126 valence electrons. The monoisotopic (exact) mass is 324 g/mol. The average Bonchev–Trinajstić information content (AvgIpc) is 2.76. The lowest BCUT2D eigenvalue weighted by Gasteiger charge is -2.32. The van der Waals surface area contributed by atoms with Gasteiger partial charge in [0.2, 0.25) is 0 Å². The van der Waals surface area contributed by atoms with E-state index in [0.29, 0.717) is 0 Å². The van der Waals surface area contributed by atoms with Crippen LogP contribution < -0.4 is 10.5 Å². The normalized spacial score (nSPS) is 18.6. The van der Waals surface area contributed by atoms with Crippen LogP contribution in [0.15, 0.2) is 48.7 Å². The van der Waals surface area contributed by atoms with Gasteiger partial charge in [0.25, 0.3) is 0 Å². The summed E-state index contributed by atoms with van der Waals surface area (Å²) in [5.41, 5.74) is 2.47. The van der Waals surface area contributed by atoms with Gasteiger partial charge in [-0.1, -0.05) is 30.3 Å². The summed E-state index contributed by atoms with van der Waals surface area (Å²) >= 11 is 0. The SMILES string of the molecule is CN(Cc1ccccc1)c1ccnc(B2OC(C)(C)C(C)(C)O2)c1. The molecule has 0 spiro atoms. The molecule has 0 atom stereocenters. The molecule has 5 heteroatoms. The molecular formula is C19H25BN2O2. The molecule has 24 heavy (non-hydrogen) atoms. The molecule has 1 aliphatic heterocycles. The molecule has 2 heterocycles. The summed E-state index contributed by atoms with van der Waals surface area (Å²) in [6.45, 7) is 9.06. The van der Waals surface area contributed by atoms with Crippen molar-refractivity contribution in [2.75, 3.05) is 11.9 Å². The number of aromatic nitrogens is 1. The van der Waals surface area contributed by atoms with Crippen LogP contribution >= 0.6 is 0 Å². The minimum absolute atomic E-state index is 0.356. The Balaban J connectivity index is 1.78. The highest BCUT2D eigenvalue weighted by atomic mass is 16.7. The Morgan fingerprint density at radius 2 is 1.62 bits per heavy atom. The van der Waals surface area contributed by atoms with E-state index in [9.17, 15) is 0 Å². The molecule has 1 aromatic carbocycles. The van der Waals surface area contributed by atoms with Crippen LogP contribution in [-0.4, -0.2) is 30.4 Å². The highest BCUT2D eigenvalue weighted by Crippen LogP contribution is 2.36. The third-order valence-corrected chi connectivity index (χ3v) is 4.96. The molecule has 0 saturated carbocycles. The Kier molecular flexibility index (Phi) is 4.41. The van der Waals surface area contributed by atoms with E-state index >= 15 is 0 Å².